The Kier molecular flexibility index (Phi) is 3.97. The first-order valence-corrected chi connectivity index (χ1v) is 7.14. The molecule has 0 fully saturated rings. The van der Waals surface area contributed by atoms with Gasteiger partial charge in [-0.25, -0.2) is 0 Å². The van der Waals surface area contributed by atoms with E-state index < -0.39 is 0 Å². The van der Waals surface area contributed by atoms with Gasteiger partial charge in [-0.1, -0.05) is 84.4 Å². The maximum atomic E-state index is 3.34. The lowest BCUT2D eigenvalue weighted by Crippen LogP contribution is -1.89. The van der Waals surface area contributed by atoms with Crippen LogP contribution in [0.2, 0.25) is 0 Å². The Bertz CT molecular complexity index is 737. The molecule has 0 saturated heterocycles. The average Bonchev–Trinajstić information content (AvgIpc) is 2.54. The van der Waals surface area contributed by atoms with Crippen LogP contribution in [0.25, 0.3) is 11.6 Å². The van der Waals surface area contributed by atoms with Crippen LogP contribution < -0.4 is 0 Å². The third kappa shape index (κ3) is 3.29. The molecular weight excluding hydrogens is 252 g/mol. The molecule has 3 aromatic rings. The van der Waals surface area contributed by atoms with Crippen molar-refractivity contribution in [1.29, 1.82) is 0 Å². The van der Waals surface area contributed by atoms with E-state index in [0.29, 0.717) is 0 Å². The van der Waals surface area contributed by atoms with Gasteiger partial charge >= 0.3 is 0 Å². The number of rotatable bonds is 3. The molecule has 0 spiro atoms. The molecule has 0 atom stereocenters. The van der Waals surface area contributed by atoms with Crippen LogP contribution >= 0.6 is 0 Å². The van der Waals surface area contributed by atoms with Gasteiger partial charge in [0.1, 0.15) is 0 Å². The van der Waals surface area contributed by atoms with E-state index in [1.807, 2.05) is 18.2 Å². The highest BCUT2D eigenvalue weighted by Crippen LogP contribution is 2.26. The molecule has 0 unspecified atom stereocenters. The Morgan fingerprint density at radius 1 is 0.857 bits per heavy atom. The lowest BCUT2D eigenvalue weighted by atomic mass is 9.95. The Morgan fingerprint density at radius 3 is 2.38 bits per heavy atom. The fourth-order valence-electron chi connectivity index (χ4n) is 2.41. The van der Waals surface area contributed by atoms with Crippen molar-refractivity contribution in [2.24, 2.45) is 0 Å². The van der Waals surface area contributed by atoms with E-state index in [4.69, 9.17) is 0 Å². The van der Waals surface area contributed by atoms with Crippen LogP contribution in [0.3, 0.4) is 0 Å². The normalized spacial score (nSPS) is 11.4. The van der Waals surface area contributed by atoms with Crippen molar-refractivity contribution in [1.82, 2.24) is 0 Å². The van der Waals surface area contributed by atoms with Gasteiger partial charge in [0.2, 0.25) is 0 Å². The highest BCUT2D eigenvalue weighted by molar-refractivity contribution is 5.91. The molecule has 0 aromatic heterocycles. The van der Waals surface area contributed by atoms with Crippen LogP contribution in [0.5, 0.6) is 0 Å². The molecule has 0 amide bonds. The smallest absolute Gasteiger partial charge is 0.00990 e. The molecule has 3 rings (SSSR count). The molecule has 0 aliphatic rings. The van der Waals surface area contributed by atoms with Crippen LogP contribution in [0.15, 0.2) is 78.9 Å². The minimum atomic E-state index is 1.12. The third-order valence-electron chi connectivity index (χ3n) is 3.44. The molecule has 0 aliphatic heterocycles. The van der Waals surface area contributed by atoms with Crippen molar-refractivity contribution < 1.29 is 0 Å². The molecular formula is C21H17. The topological polar surface area (TPSA) is 0 Å². The number of hydrogen-bond donors (Lipinski definition) is 0. The SMILES string of the molecule is Cc1cccc(/C(=C\c2ccccc2)c2[c]cccc2)c1. The lowest BCUT2D eigenvalue weighted by molar-refractivity contribution is 1.44. The summed E-state index contributed by atoms with van der Waals surface area (Å²) in [6.45, 7) is 2.12. The number of aryl methyl sites for hydroxylation is 1. The zero-order valence-corrected chi connectivity index (χ0v) is 12.1. The summed E-state index contributed by atoms with van der Waals surface area (Å²) in [6.07, 6.45) is 2.22. The molecule has 0 aliphatic carbocycles. The lowest BCUT2D eigenvalue weighted by Gasteiger charge is -2.09. The molecule has 0 N–H and O–H groups in total. The van der Waals surface area contributed by atoms with Crippen molar-refractivity contribution in [3.8, 4) is 0 Å². The first-order valence-electron chi connectivity index (χ1n) is 7.14. The van der Waals surface area contributed by atoms with Crippen LogP contribution in [-0.2, 0) is 0 Å². The maximum absolute atomic E-state index is 3.34. The maximum Gasteiger partial charge on any atom is -0.00990 e. The second-order valence-electron chi connectivity index (χ2n) is 5.11. The molecule has 0 heteroatoms. The molecule has 101 valence electrons. The number of benzene rings is 3. The van der Waals surface area contributed by atoms with Gasteiger partial charge in [0, 0.05) is 0 Å². The number of hydrogen-bond acceptors (Lipinski definition) is 0. The third-order valence-corrected chi connectivity index (χ3v) is 3.44. The van der Waals surface area contributed by atoms with Gasteiger partial charge in [0.15, 0.2) is 0 Å². The summed E-state index contributed by atoms with van der Waals surface area (Å²) in [6, 6.07) is 30.5. The fraction of sp³-hybridized carbons (Fsp3) is 0.0476. The Hall–Kier alpha value is -2.60. The molecule has 1 radical (unpaired) electrons. The van der Waals surface area contributed by atoms with E-state index in [0.717, 1.165) is 5.56 Å². The first kappa shape index (κ1) is 13.4. The van der Waals surface area contributed by atoms with E-state index in [1.54, 1.807) is 0 Å². The van der Waals surface area contributed by atoms with Gasteiger partial charge in [-0.2, -0.15) is 0 Å². The standard InChI is InChI=1S/C21H17/c1-17-9-8-14-20(15-17)21(19-12-6-3-7-13-19)16-18-10-4-2-5-11-18/h2-12,14-16H,1H3/b21-16-. The molecule has 3 aromatic carbocycles. The van der Waals surface area contributed by atoms with Gasteiger partial charge in [-0.3, -0.25) is 0 Å². The Balaban J connectivity index is 2.14. The summed E-state index contributed by atoms with van der Waals surface area (Å²) in [4.78, 5) is 0. The van der Waals surface area contributed by atoms with Crippen molar-refractivity contribution in [3.05, 3.63) is 107 Å². The monoisotopic (exact) mass is 269 g/mol. The summed E-state index contributed by atoms with van der Waals surface area (Å²) in [5.41, 5.74) is 6.01. The highest BCUT2D eigenvalue weighted by atomic mass is 14.1. The molecule has 0 nitrogen and oxygen atoms in total. The average molecular weight is 269 g/mol. The minimum Gasteiger partial charge on any atom is -0.0622 e. The second-order valence-corrected chi connectivity index (χ2v) is 5.11. The Morgan fingerprint density at radius 2 is 1.67 bits per heavy atom. The fourth-order valence-corrected chi connectivity index (χ4v) is 2.41. The highest BCUT2D eigenvalue weighted by Gasteiger charge is 2.05. The van der Waals surface area contributed by atoms with Crippen LogP contribution in [0, 0.1) is 13.0 Å². The summed E-state index contributed by atoms with van der Waals surface area (Å²) >= 11 is 0. The van der Waals surface area contributed by atoms with Crippen molar-refractivity contribution >= 4 is 11.6 Å². The zero-order chi connectivity index (χ0) is 14.5. The summed E-state index contributed by atoms with van der Waals surface area (Å²) < 4.78 is 0. The second kappa shape index (κ2) is 6.23. The van der Waals surface area contributed by atoms with E-state index in [2.05, 4.69) is 79.7 Å². The van der Waals surface area contributed by atoms with Gasteiger partial charge in [0.25, 0.3) is 0 Å². The van der Waals surface area contributed by atoms with Crippen LogP contribution in [-0.4, -0.2) is 0 Å². The van der Waals surface area contributed by atoms with Gasteiger partial charge in [0.05, 0.1) is 0 Å². The first-order chi connectivity index (χ1) is 10.3. The van der Waals surface area contributed by atoms with Crippen molar-refractivity contribution in [3.63, 3.8) is 0 Å². The molecule has 0 heterocycles. The van der Waals surface area contributed by atoms with E-state index >= 15 is 0 Å². The predicted octanol–water partition coefficient (Wildman–Crippen LogP) is 5.38. The van der Waals surface area contributed by atoms with Crippen LogP contribution in [0.1, 0.15) is 22.3 Å². The Labute approximate surface area is 126 Å². The zero-order valence-electron chi connectivity index (χ0n) is 12.1. The largest absolute Gasteiger partial charge is 0.0622 e. The predicted molar refractivity (Wildman–Crippen MR) is 89.9 cm³/mol. The van der Waals surface area contributed by atoms with Crippen molar-refractivity contribution in [2.45, 2.75) is 6.92 Å². The summed E-state index contributed by atoms with van der Waals surface area (Å²) in [5, 5.41) is 0. The molecule has 0 bridgehead atoms. The van der Waals surface area contributed by atoms with E-state index in [-0.39, 0.29) is 0 Å². The van der Waals surface area contributed by atoms with Gasteiger partial charge < -0.3 is 0 Å². The molecule has 21 heavy (non-hydrogen) atoms. The van der Waals surface area contributed by atoms with Crippen LogP contribution in [0.4, 0.5) is 0 Å². The van der Waals surface area contributed by atoms with E-state index in [1.165, 1.54) is 22.3 Å². The summed E-state index contributed by atoms with van der Waals surface area (Å²) in [5.74, 6) is 0. The van der Waals surface area contributed by atoms with Gasteiger partial charge in [-0.15, -0.1) is 0 Å². The van der Waals surface area contributed by atoms with E-state index in [9.17, 15) is 0 Å². The molecule has 0 saturated carbocycles. The minimum absolute atomic E-state index is 1.12. The van der Waals surface area contributed by atoms with Gasteiger partial charge in [-0.05, 0) is 41.3 Å². The van der Waals surface area contributed by atoms with Crippen molar-refractivity contribution in [2.75, 3.05) is 0 Å². The quantitative estimate of drug-likeness (QED) is 0.560. The summed E-state index contributed by atoms with van der Waals surface area (Å²) in [7, 11) is 0.